The maximum Gasteiger partial charge on any atom is 0.0820 e. The van der Waals surface area contributed by atoms with E-state index in [2.05, 4.69) is 28.1 Å². The molecule has 1 aromatic rings. The molecule has 82 valence electrons. The Bertz CT molecular complexity index is 289. The normalized spacial score (nSPS) is 25.7. The van der Waals surface area contributed by atoms with E-state index in [-0.39, 0.29) is 6.10 Å². The fraction of sp³-hybridized carbons (Fsp3) is 0.500. The lowest BCUT2D eigenvalue weighted by Gasteiger charge is -2.09. The first kappa shape index (κ1) is 11.1. The third-order valence-corrected chi connectivity index (χ3v) is 3.08. The summed E-state index contributed by atoms with van der Waals surface area (Å²) in [7, 11) is 0. The molecular weight excluding hydrogens is 256 g/mol. The summed E-state index contributed by atoms with van der Waals surface area (Å²) in [6.45, 7) is 2.17. The zero-order valence-electron chi connectivity index (χ0n) is 8.56. The molecule has 2 rings (SSSR count). The molecule has 1 aromatic carbocycles. The SMILES string of the molecule is Br[C@H]1CO[C@H](COCc2ccccc2)C1. The van der Waals surface area contributed by atoms with Crippen molar-refractivity contribution in [1.82, 2.24) is 0 Å². The maximum absolute atomic E-state index is 5.61. The summed E-state index contributed by atoms with van der Waals surface area (Å²) < 4.78 is 11.1. The third-order valence-electron chi connectivity index (χ3n) is 2.45. The Morgan fingerprint density at radius 2 is 2.13 bits per heavy atom. The Balaban J connectivity index is 1.67. The van der Waals surface area contributed by atoms with Gasteiger partial charge in [0.25, 0.3) is 0 Å². The van der Waals surface area contributed by atoms with Crippen molar-refractivity contribution in [2.75, 3.05) is 13.2 Å². The molecule has 0 unspecified atom stereocenters. The van der Waals surface area contributed by atoms with Gasteiger partial charge in [-0.3, -0.25) is 0 Å². The molecule has 1 saturated heterocycles. The van der Waals surface area contributed by atoms with Crippen LogP contribution in [0.1, 0.15) is 12.0 Å². The first-order valence-electron chi connectivity index (χ1n) is 5.22. The molecule has 0 aliphatic carbocycles. The number of ether oxygens (including phenoxy) is 2. The average molecular weight is 271 g/mol. The lowest BCUT2D eigenvalue weighted by atomic mass is 10.2. The number of alkyl halides is 1. The van der Waals surface area contributed by atoms with E-state index < -0.39 is 0 Å². The van der Waals surface area contributed by atoms with Crippen molar-refractivity contribution < 1.29 is 9.47 Å². The van der Waals surface area contributed by atoms with Gasteiger partial charge in [-0.05, 0) is 12.0 Å². The summed E-state index contributed by atoms with van der Waals surface area (Å²) >= 11 is 3.53. The molecule has 0 bridgehead atoms. The van der Waals surface area contributed by atoms with Crippen LogP contribution in [0.25, 0.3) is 0 Å². The van der Waals surface area contributed by atoms with Crippen LogP contribution in [0.15, 0.2) is 30.3 Å². The van der Waals surface area contributed by atoms with E-state index in [9.17, 15) is 0 Å². The minimum atomic E-state index is 0.262. The van der Waals surface area contributed by atoms with Crippen molar-refractivity contribution in [1.29, 1.82) is 0 Å². The van der Waals surface area contributed by atoms with Crippen LogP contribution in [-0.2, 0) is 16.1 Å². The van der Waals surface area contributed by atoms with Crippen molar-refractivity contribution in [3.05, 3.63) is 35.9 Å². The molecule has 1 heterocycles. The molecule has 0 aromatic heterocycles. The van der Waals surface area contributed by atoms with Gasteiger partial charge in [0.1, 0.15) is 0 Å². The van der Waals surface area contributed by atoms with E-state index in [0.717, 1.165) is 13.0 Å². The fourth-order valence-corrected chi connectivity index (χ4v) is 2.23. The molecule has 1 aliphatic rings. The summed E-state index contributed by atoms with van der Waals surface area (Å²) in [6.07, 6.45) is 1.31. The van der Waals surface area contributed by atoms with Gasteiger partial charge in [-0.1, -0.05) is 46.3 Å². The van der Waals surface area contributed by atoms with Gasteiger partial charge < -0.3 is 9.47 Å². The summed E-state index contributed by atoms with van der Waals surface area (Å²) in [5.74, 6) is 0. The minimum Gasteiger partial charge on any atom is -0.375 e. The summed E-state index contributed by atoms with van der Waals surface area (Å²) in [4.78, 5) is 0.503. The van der Waals surface area contributed by atoms with E-state index in [1.165, 1.54) is 5.56 Å². The highest BCUT2D eigenvalue weighted by atomic mass is 79.9. The zero-order valence-corrected chi connectivity index (χ0v) is 10.2. The number of rotatable bonds is 4. The van der Waals surface area contributed by atoms with E-state index in [0.29, 0.717) is 18.0 Å². The molecule has 0 spiro atoms. The second-order valence-electron chi connectivity index (χ2n) is 3.79. The third kappa shape index (κ3) is 3.59. The molecule has 2 atom stereocenters. The second kappa shape index (κ2) is 5.64. The van der Waals surface area contributed by atoms with Crippen LogP contribution < -0.4 is 0 Å². The van der Waals surface area contributed by atoms with Gasteiger partial charge in [-0.15, -0.1) is 0 Å². The van der Waals surface area contributed by atoms with Gasteiger partial charge in [-0.25, -0.2) is 0 Å². The average Bonchev–Trinajstić information content (AvgIpc) is 2.66. The van der Waals surface area contributed by atoms with Gasteiger partial charge in [0, 0.05) is 4.83 Å². The summed E-state index contributed by atoms with van der Waals surface area (Å²) in [5, 5.41) is 0. The molecule has 0 amide bonds. The van der Waals surface area contributed by atoms with E-state index in [4.69, 9.17) is 9.47 Å². The quantitative estimate of drug-likeness (QED) is 0.784. The number of hydrogen-bond donors (Lipinski definition) is 0. The van der Waals surface area contributed by atoms with Gasteiger partial charge in [0.2, 0.25) is 0 Å². The first-order chi connectivity index (χ1) is 7.34. The van der Waals surface area contributed by atoms with Crippen LogP contribution >= 0.6 is 15.9 Å². The molecule has 0 saturated carbocycles. The number of hydrogen-bond acceptors (Lipinski definition) is 2. The van der Waals surface area contributed by atoms with Crippen LogP contribution in [0.5, 0.6) is 0 Å². The van der Waals surface area contributed by atoms with Gasteiger partial charge >= 0.3 is 0 Å². The molecule has 3 heteroatoms. The topological polar surface area (TPSA) is 18.5 Å². The van der Waals surface area contributed by atoms with Crippen molar-refractivity contribution >= 4 is 15.9 Å². The van der Waals surface area contributed by atoms with E-state index in [1.54, 1.807) is 0 Å². The highest BCUT2D eigenvalue weighted by molar-refractivity contribution is 9.09. The van der Waals surface area contributed by atoms with Crippen LogP contribution in [-0.4, -0.2) is 24.1 Å². The Morgan fingerprint density at radius 1 is 1.33 bits per heavy atom. The van der Waals surface area contributed by atoms with E-state index >= 15 is 0 Å². The largest absolute Gasteiger partial charge is 0.375 e. The smallest absolute Gasteiger partial charge is 0.0820 e. The Labute approximate surface area is 98.7 Å². The number of halogens is 1. The molecule has 15 heavy (non-hydrogen) atoms. The molecule has 1 aliphatic heterocycles. The van der Waals surface area contributed by atoms with Crippen LogP contribution in [0, 0.1) is 0 Å². The number of benzene rings is 1. The molecule has 2 nitrogen and oxygen atoms in total. The van der Waals surface area contributed by atoms with Gasteiger partial charge in [0.05, 0.1) is 25.9 Å². The standard InChI is InChI=1S/C12H15BrO2/c13-11-6-12(15-8-11)9-14-7-10-4-2-1-3-5-10/h1-5,11-12H,6-9H2/t11-,12+/m1/s1. The van der Waals surface area contributed by atoms with Crippen molar-refractivity contribution in [2.45, 2.75) is 24.0 Å². The predicted octanol–water partition coefficient (Wildman–Crippen LogP) is 2.76. The van der Waals surface area contributed by atoms with Crippen LogP contribution in [0.4, 0.5) is 0 Å². The predicted molar refractivity (Wildman–Crippen MR) is 63.2 cm³/mol. The maximum atomic E-state index is 5.61. The Hall–Kier alpha value is -0.380. The highest BCUT2D eigenvalue weighted by Gasteiger charge is 2.22. The monoisotopic (exact) mass is 270 g/mol. The lowest BCUT2D eigenvalue weighted by Crippen LogP contribution is -2.14. The molecule has 0 radical (unpaired) electrons. The lowest BCUT2D eigenvalue weighted by molar-refractivity contribution is 0.0107. The van der Waals surface area contributed by atoms with Crippen molar-refractivity contribution in [2.24, 2.45) is 0 Å². The van der Waals surface area contributed by atoms with Gasteiger partial charge in [0.15, 0.2) is 0 Å². The molecular formula is C12H15BrO2. The Morgan fingerprint density at radius 3 is 2.80 bits per heavy atom. The Kier molecular flexibility index (Phi) is 4.18. The molecule has 1 fully saturated rings. The zero-order chi connectivity index (χ0) is 10.5. The van der Waals surface area contributed by atoms with Crippen LogP contribution in [0.2, 0.25) is 0 Å². The highest BCUT2D eigenvalue weighted by Crippen LogP contribution is 2.20. The second-order valence-corrected chi connectivity index (χ2v) is 5.08. The van der Waals surface area contributed by atoms with Crippen molar-refractivity contribution in [3.63, 3.8) is 0 Å². The van der Waals surface area contributed by atoms with Crippen molar-refractivity contribution in [3.8, 4) is 0 Å². The summed E-state index contributed by atoms with van der Waals surface area (Å²) in [6, 6.07) is 10.2. The first-order valence-corrected chi connectivity index (χ1v) is 6.13. The van der Waals surface area contributed by atoms with Gasteiger partial charge in [-0.2, -0.15) is 0 Å². The minimum absolute atomic E-state index is 0.262. The molecule has 0 N–H and O–H groups in total. The van der Waals surface area contributed by atoms with E-state index in [1.807, 2.05) is 18.2 Å². The van der Waals surface area contributed by atoms with Crippen LogP contribution in [0.3, 0.4) is 0 Å². The fourth-order valence-electron chi connectivity index (χ4n) is 1.66. The summed E-state index contributed by atoms with van der Waals surface area (Å²) in [5.41, 5.74) is 1.21.